The van der Waals surface area contributed by atoms with Gasteiger partial charge in [-0.15, -0.1) is 0 Å². The molecular weight excluding hydrogens is 266 g/mol. The Hall–Kier alpha value is -2.38. The van der Waals surface area contributed by atoms with Crippen LogP contribution >= 0.6 is 0 Å². The van der Waals surface area contributed by atoms with Gasteiger partial charge in [-0.25, -0.2) is 0 Å². The zero-order valence-corrected chi connectivity index (χ0v) is 12.7. The van der Waals surface area contributed by atoms with Gasteiger partial charge in [0, 0.05) is 6.54 Å². The van der Waals surface area contributed by atoms with Crippen LogP contribution in [0.4, 0.5) is 0 Å². The second-order valence-electron chi connectivity index (χ2n) is 5.96. The number of fused-ring (bicyclic) bond motifs is 1. The normalized spacial score (nSPS) is 16.4. The van der Waals surface area contributed by atoms with Crippen LogP contribution in [0.25, 0.3) is 0 Å². The topological polar surface area (TPSA) is 3.24 Å². The van der Waals surface area contributed by atoms with Crippen molar-refractivity contribution in [3.63, 3.8) is 0 Å². The Morgan fingerprint density at radius 3 is 1.77 bits per heavy atom. The fourth-order valence-electron chi connectivity index (χ4n) is 3.87. The van der Waals surface area contributed by atoms with Crippen molar-refractivity contribution < 1.29 is 0 Å². The molecule has 0 amide bonds. The van der Waals surface area contributed by atoms with Crippen molar-refractivity contribution in [2.75, 3.05) is 7.05 Å². The summed E-state index contributed by atoms with van der Waals surface area (Å²) in [6.07, 6.45) is 0. The maximum Gasteiger partial charge on any atom is 0.0976 e. The summed E-state index contributed by atoms with van der Waals surface area (Å²) < 4.78 is 0. The Morgan fingerprint density at radius 1 is 0.682 bits per heavy atom. The lowest BCUT2D eigenvalue weighted by molar-refractivity contribution is 0.222. The van der Waals surface area contributed by atoms with Gasteiger partial charge in [-0.2, -0.15) is 0 Å². The standard InChI is InChI=1S/C21H19N/c1-22-16-17-10-8-9-15-20(17)21(22,18-11-4-2-5-12-18)19-13-6-3-7-14-19/h2-15H,16H2,1H3. The molecule has 0 aromatic heterocycles. The van der Waals surface area contributed by atoms with Crippen LogP contribution in [0.1, 0.15) is 22.3 Å². The predicted octanol–water partition coefficient (Wildman–Crippen LogP) is 4.42. The summed E-state index contributed by atoms with van der Waals surface area (Å²) in [6, 6.07) is 30.5. The molecule has 108 valence electrons. The smallest absolute Gasteiger partial charge is 0.0976 e. The van der Waals surface area contributed by atoms with Crippen LogP contribution in [-0.4, -0.2) is 11.9 Å². The first-order chi connectivity index (χ1) is 10.8. The monoisotopic (exact) mass is 285 g/mol. The molecule has 0 unspecified atom stereocenters. The van der Waals surface area contributed by atoms with Crippen molar-refractivity contribution in [1.29, 1.82) is 0 Å². The van der Waals surface area contributed by atoms with Gasteiger partial charge in [0.25, 0.3) is 0 Å². The first kappa shape index (κ1) is 13.3. The number of benzene rings is 3. The molecule has 0 saturated carbocycles. The van der Waals surface area contributed by atoms with Gasteiger partial charge < -0.3 is 0 Å². The summed E-state index contributed by atoms with van der Waals surface area (Å²) in [5, 5.41) is 0. The Balaban J connectivity index is 2.07. The lowest BCUT2D eigenvalue weighted by Gasteiger charge is -2.38. The fourth-order valence-corrected chi connectivity index (χ4v) is 3.87. The summed E-state index contributed by atoms with van der Waals surface area (Å²) in [7, 11) is 2.22. The van der Waals surface area contributed by atoms with Crippen LogP contribution in [0.2, 0.25) is 0 Å². The molecule has 0 radical (unpaired) electrons. The molecule has 0 N–H and O–H groups in total. The first-order valence-electron chi connectivity index (χ1n) is 7.74. The SMILES string of the molecule is CN1Cc2ccccc2C1(c1ccccc1)c1ccccc1. The summed E-state index contributed by atoms with van der Waals surface area (Å²) in [5.41, 5.74) is 5.27. The average Bonchev–Trinajstić information content (AvgIpc) is 2.89. The molecule has 0 fully saturated rings. The van der Waals surface area contributed by atoms with E-state index in [1.54, 1.807) is 0 Å². The number of rotatable bonds is 2. The molecule has 0 saturated heterocycles. The highest BCUT2D eigenvalue weighted by Crippen LogP contribution is 2.47. The highest BCUT2D eigenvalue weighted by molar-refractivity contribution is 5.55. The lowest BCUT2D eigenvalue weighted by Crippen LogP contribution is -2.40. The van der Waals surface area contributed by atoms with Gasteiger partial charge >= 0.3 is 0 Å². The predicted molar refractivity (Wildman–Crippen MR) is 90.7 cm³/mol. The van der Waals surface area contributed by atoms with E-state index in [9.17, 15) is 0 Å². The third-order valence-corrected chi connectivity index (χ3v) is 4.77. The maximum absolute atomic E-state index is 2.46. The molecule has 4 rings (SSSR count). The van der Waals surface area contributed by atoms with Gasteiger partial charge in [0.05, 0.1) is 5.54 Å². The molecule has 22 heavy (non-hydrogen) atoms. The summed E-state index contributed by atoms with van der Waals surface area (Å²) in [6.45, 7) is 0.972. The maximum atomic E-state index is 2.46. The van der Waals surface area contributed by atoms with Crippen LogP contribution in [-0.2, 0) is 12.1 Å². The van der Waals surface area contributed by atoms with Crippen molar-refractivity contribution in [2.45, 2.75) is 12.1 Å². The van der Waals surface area contributed by atoms with Crippen molar-refractivity contribution in [2.24, 2.45) is 0 Å². The van der Waals surface area contributed by atoms with E-state index in [0.29, 0.717) is 0 Å². The third kappa shape index (κ3) is 1.76. The second-order valence-corrected chi connectivity index (χ2v) is 5.96. The van der Waals surface area contributed by atoms with E-state index >= 15 is 0 Å². The van der Waals surface area contributed by atoms with E-state index in [-0.39, 0.29) is 5.54 Å². The molecule has 1 aliphatic rings. The zero-order chi connectivity index (χ0) is 15.0. The molecule has 1 aliphatic heterocycles. The molecular formula is C21H19N. The summed E-state index contributed by atoms with van der Waals surface area (Å²) >= 11 is 0. The Morgan fingerprint density at radius 2 is 1.18 bits per heavy atom. The average molecular weight is 285 g/mol. The number of hydrogen-bond donors (Lipinski definition) is 0. The van der Waals surface area contributed by atoms with E-state index in [1.807, 2.05) is 0 Å². The lowest BCUT2D eigenvalue weighted by atomic mass is 9.77. The Labute approximate surface area is 131 Å². The number of hydrogen-bond acceptors (Lipinski definition) is 1. The molecule has 1 heteroatoms. The molecule has 1 heterocycles. The van der Waals surface area contributed by atoms with E-state index in [0.717, 1.165) is 6.54 Å². The number of nitrogens with zero attached hydrogens (tertiary/aromatic N) is 1. The summed E-state index contributed by atoms with van der Waals surface area (Å²) in [4.78, 5) is 2.46. The molecule has 3 aromatic rings. The van der Waals surface area contributed by atoms with Crippen molar-refractivity contribution in [3.8, 4) is 0 Å². The fraction of sp³-hybridized carbons (Fsp3) is 0.143. The van der Waals surface area contributed by atoms with Gasteiger partial charge in [-0.1, -0.05) is 84.9 Å². The molecule has 0 bridgehead atoms. The quantitative estimate of drug-likeness (QED) is 0.673. The van der Waals surface area contributed by atoms with Gasteiger partial charge in [0.15, 0.2) is 0 Å². The van der Waals surface area contributed by atoms with Crippen LogP contribution < -0.4 is 0 Å². The Bertz CT molecular complexity index is 738. The largest absolute Gasteiger partial charge is 0.285 e. The minimum Gasteiger partial charge on any atom is -0.285 e. The molecule has 1 nitrogen and oxygen atoms in total. The van der Waals surface area contributed by atoms with Crippen LogP contribution in [0, 0.1) is 0 Å². The zero-order valence-electron chi connectivity index (χ0n) is 12.7. The van der Waals surface area contributed by atoms with Gasteiger partial charge in [0.2, 0.25) is 0 Å². The van der Waals surface area contributed by atoms with Crippen molar-refractivity contribution >= 4 is 0 Å². The first-order valence-corrected chi connectivity index (χ1v) is 7.74. The Kier molecular flexibility index (Phi) is 3.09. The van der Waals surface area contributed by atoms with Crippen molar-refractivity contribution in [3.05, 3.63) is 107 Å². The van der Waals surface area contributed by atoms with Gasteiger partial charge in [0.1, 0.15) is 0 Å². The van der Waals surface area contributed by atoms with Crippen LogP contribution in [0.15, 0.2) is 84.9 Å². The van der Waals surface area contributed by atoms with Crippen LogP contribution in [0.3, 0.4) is 0 Å². The van der Waals surface area contributed by atoms with E-state index in [1.165, 1.54) is 22.3 Å². The van der Waals surface area contributed by atoms with Gasteiger partial charge in [-0.3, -0.25) is 4.90 Å². The second kappa shape index (κ2) is 5.11. The van der Waals surface area contributed by atoms with E-state index in [2.05, 4.69) is 96.9 Å². The molecule has 0 atom stereocenters. The summed E-state index contributed by atoms with van der Waals surface area (Å²) in [5.74, 6) is 0. The van der Waals surface area contributed by atoms with E-state index in [4.69, 9.17) is 0 Å². The van der Waals surface area contributed by atoms with E-state index < -0.39 is 0 Å². The highest BCUT2D eigenvalue weighted by atomic mass is 15.2. The van der Waals surface area contributed by atoms with Crippen molar-refractivity contribution in [1.82, 2.24) is 4.90 Å². The van der Waals surface area contributed by atoms with Crippen LogP contribution in [0.5, 0.6) is 0 Å². The minimum absolute atomic E-state index is 0.195. The van der Waals surface area contributed by atoms with Gasteiger partial charge in [-0.05, 0) is 29.3 Å². The molecule has 3 aromatic carbocycles. The third-order valence-electron chi connectivity index (χ3n) is 4.77. The molecule has 0 spiro atoms. The highest BCUT2D eigenvalue weighted by Gasteiger charge is 2.45. The minimum atomic E-state index is -0.195. The molecule has 0 aliphatic carbocycles.